The third kappa shape index (κ3) is 6.50. The predicted molar refractivity (Wildman–Crippen MR) is 172 cm³/mol. The van der Waals surface area contributed by atoms with Crippen LogP contribution in [0.5, 0.6) is 0 Å². The lowest BCUT2D eigenvalue weighted by atomic mass is 10.1. The fraction of sp³-hybridized carbons (Fsp3) is 0.111. The van der Waals surface area contributed by atoms with Gasteiger partial charge in [0, 0.05) is 33.1 Å². The summed E-state index contributed by atoms with van der Waals surface area (Å²) < 4.78 is 21.0. The minimum Gasteiger partial charge on any atom is -0.449 e. The van der Waals surface area contributed by atoms with E-state index in [0.29, 0.717) is 0 Å². The van der Waals surface area contributed by atoms with Gasteiger partial charge in [0.2, 0.25) is 0 Å². The van der Waals surface area contributed by atoms with Crippen LogP contribution in [0.1, 0.15) is 23.6 Å². The molecule has 0 N–H and O–H groups in total. The Hall–Kier alpha value is -5.76. The Balaban J connectivity index is 0.000000108. The van der Waals surface area contributed by atoms with Gasteiger partial charge in [-0.1, -0.05) is 66.7 Å². The van der Waals surface area contributed by atoms with Crippen LogP contribution in [0.15, 0.2) is 127 Å². The van der Waals surface area contributed by atoms with Gasteiger partial charge in [-0.05, 0) is 46.5 Å². The molecule has 0 saturated heterocycles. The highest BCUT2D eigenvalue weighted by Gasteiger charge is 2.05. The lowest BCUT2D eigenvalue weighted by Gasteiger charge is -1.95. The second-order valence-electron chi connectivity index (χ2n) is 10.0. The summed E-state index contributed by atoms with van der Waals surface area (Å²) in [5.41, 5.74) is 5.41. The molecule has 5 aromatic carbocycles. The molecule has 0 aliphatic rings. The first-order valence-corrected chi connectivity index (χ1v) is 14.1. The first-order chi connectivity index (χ1) is 21.4. The average molecular weight is 583 g/mol. The van der Waals surface area contributed by atoms with E-state index in [4.69, 9.17) is 17.7 Å². The number of nitrogens with zero attached hydrogens (tertiary/aromatic N) is 4. The predicted octanol–water partition coefficient (Wildman–Crippen LogP) is 9.70. The number of hydrogen-bond donors (Lipinski definition) is 0. The average Bonchev–Trinajstić information content (AvgIpc) is 3.82. The number of aromatic nitrogens is 4. The minimum absolute atomic E-state index is 0.718. The van der Waals surface area contributed by atoms with Crippen LogP contribution >= 0.6 is 0 Å². The molecule has 0 fully saturated rings. The maximum Gasteiger partial charge on any atom is 0.192 e. The van der Waals surface area contributed by atoms with Crippen molar-refractivity contribution < 1.29 is 17.7 Å². The topological polar surface area (TPSA) is 104 Å². The summed E-state index contributed by atoms with van der Waals surface area (Å²) >= 11 is 0. The van der Waals surface area contributed by atoms with Gasteiger partial charge in [-0.25, -0.2) is 19.9 Å². The molecule has 0 radical (unpaired) electrons. The van der Waals surface area contributed by atoms with Gasteiger partial charge < -0.3 is 17.7 Å². The maximum atomic E-state index is 5.57. The summed E-state index contributed by atoms with van der Waals surface area (Å²) in [6.45, 7) is 7.39. The van der Waals surface area contributed by atoms with E-state index in [1.54, 1.807) is 19.4 Å². The van der Waals surface area contributed by atoms with E-state index in [1.807, 2.05) is 81.4 Å². The highest BCUT2D eigenvalue weighted by molar-refractivity contribution is 6.02. The number of para-hydroxylation sites is 2. The summed E-state index contributed by atoms with van der Waals surface area (Å²) in [5.74, 6) is 2.88. The van der Waals surface area contributed by atoms with E-state index >= 15 is 0 Å². The molecule has 9 aromatic rings. The Labute approximate surface area is 253 Å². The quantitative estimate of drug-likeness (QED) is 0.174. The summed E-state index contributed by atoms with van der Waals surface area (Å²) in [7, 11) is 0. The van der Waals surface area contributed by atoms with Crippen LogP contribution in [0.4, 0.5) is 0 Å². The fourth-order valence-electron chi connectivity index (χ4n) is 4.78. The Kier molecular flexibility index (Phi) is 8.14. The van der Waals surface area contributed by atoms with Gasteiger partial charge >= 0.3 is 0 Å². The summed E-state index contributed by atoms with van der Waals surface area (Å²) in [4.78, 5) is 16.5. The van der Waals surface area contributed by atoms with E-state index < -0.39 is 0 Å². The smallest absolute Gasteiger partial charge is 0.192 e. The van der Waals surface area contributed by atoms with Crippen molar-refractivity contribution in [3.63, 3.8) is 0 Å². The van der Waals surface area contributed by atoms with Crippen molar-refractivity contribution in [3.8, 4) is 0 Å². The Bertz CT molecular complexity index is 2200. The van der Waals surface area contributed by atoms with E-state index in [-0.39, 0.29) is 0 Å². The van der Waals surface area contributed by atoms with Gasteiger partial charge in [0.15, 0.2) is 40.3 Å². The SMILES string of the molecule is Cc1nc2cc3ccccc3cc2o1.Cc1nc2ccc3ccccc3c2o1.Cc1nc2ccccc2o1.Cc1ncco1. The highest BCUT2D eigenvalue weighted by atomic mass is 16.4. The number of rotatable bonds is 0. The van der Waals surface area contributed by atoms with E-state index in [1.165, 1.54) is 16.2 Å². The molecule has 0 saturated carbocycles. The number of oxazole rings is 4. The van der Waals surface area contributed by atoms with Crippen molar-refractivity contribution in [2.24, 2.45) is 0 Å². The van der Waals surface area contributed by atoms with Crippen LogP contribution < -0.4 is 0 Å². The van der Waals surface area contributed by atoms with Gasteiger partial charge in [-0.15, -0.1) is 0 Å². The monoisotopic (exact) mass is 582 g/mol. The molecule has 4 aromatic heterocycles. The van der Waals surface area contributed by atoms with Crippen LogP contribution in [0.25, 0.3) is 54.8 Å². The van der Waals surface area contributed by atoms with Crippen LogP contribution in [0.2, 0.25) is 0 Å². The molecule has 0 amide bonds. The number of fused-ring (bicyclic) bond motifs is 6. The molecular weight excluding hydrogens is 552 g/mol. The maximum absolute atomic E-state index is 5.57. The Morgan fingerprint density at radius 3 is 1.80 bits per heavy atom. The molecular formula is C36H30N4O4. The molecule has 0 unspecified atom stereocenters. The zero-order valence-electron chi connectivity index (χ0n) is 24.8. The van der Waals surface area contributed by atoms with Crippen LogP contribution in [-0.2, 0) is 0 Å². The normalized spacial score (nSPS) is 10.7. The van der Waals surface area contributed by atoms with Crippen molar-refractivity contribution >= 4 is 54.8 Å². The molecule has 0 bridgehead atoms. The van der Waals surface area contributed by atoms with Crippen molar-refractivity contribution in [1.29, 1.82) is 0 Å². The fourth-order valence-corrected chi connectivity index (χ4v) is 4.78. The molecule has 218 valence electrons. The van der Waals surface area contributed by atoms with Gasteiger partial charge in [-0.2, -0.15) is 0 Å². The molecule has 9 rings (SSSR count). The Morgan fingerprint density at radius 1 is 0.477 bits per heavy atom. The first-order valence-electron chi connectivity index (χ1n) is 14.1. The molecule has 8 nitrogen and oxygen atoms in total. The molecule has 0 spiro atoms. The first kappa shape index (κ1) is 28.4. The number of aryl methyl sites for hydroxylation is 4. The summed E-state index contributed by atoms with van der Waals surface area (Å²) in [5, 5.41) is 4.71. The van der Waals surface area contributed by atoms with Crippen molar-refractivity contribution in [2.75, 3.05) is 0 Å². The van der Waals surface area contributed by atoms with Crippen molar-refractivity contribution in [2.45, 2.75) is 27.7 Å². The van der Waals surface area contributed by atoms with Crippen LogP contribution in [0, 0.1) is 27.7 Å². The van der Waals surface area contributed by atoms with Gasteiger partial charge in [0.25, 0.3) is 0 Å². The third-order valence-corrected chi connectivity index (χ3v) is 6.71. The van der Waals surface area contributed by atoms with Crippen LogP contribution in [-0.4, -0.2) is 19.9 Å². The molecule has 0 aliphatic heterocycles. The van der Waals surface area contributed by atoms with Crippen molar-refractivity contribution in [3.05, 3.63) is 133 Å². The molecule has 8 heteroatoms. The minimum atomic E-state index is 0.718. The molecule has 4 heterocycles. The number of hydrogen-bond acceptors (Lipinski definition) is 8. The van der Waals surface area contributed by atoms with Crippen LogP contribution in [0.3, 0.4) is 0 Å². The lowest BCUT2D eigenvalue weighted by molar-refractivity contribution is 0.521. The largest absolute Gasteiger partial charge is 0.449 e. The van der Waals surface area contributed by atoms with E-state index in [0.717, 1.165) is 62.2 Å². The van der Waals surface area contributed by atoms with E-state index in [2.05, 4.69) is 56.3 Å². The highest BCUT2D eigenvalue weighted by Crippen LogP contribution is 2.25. The number of benzene rings is 5. The second kappa shape index (κ2) is 12.6. The summed E-state index contributed by atoms with van der Waals surface area (Å²) in [6, 6.07) is 32.3. The molecule has 0 aliphatic carbocycles. The standard InChI is InChI=1S/2C12H9NO.C8H7NO.C4H5NO/c1-8-13-11-6-9-4-2-3-5-10(9)7-12(11)14-8;1-8-13-11-7-6-9-4-2-3-5-10(9)12(11)14-8;1-6-9-7-4-2-3-5-8(7)10-6;1-4-5-2-3-6-4/h2*2-7H,1H3;2-5H,1H3;2-3H,1H3. The lowest BCUT2D eigenvalue weighted by Crippen LogP contribution is -1.72. The molecule has 44 heavy (non-hydrogen) atoms. The molecule has 0 atom stereocenters. The zero-order chi connectivity index (χ0) is 30.5. The van der Waals surface area contributed by atoms with Gasteiger partial charge in [-0.3, -0.25) is 0 Å². The van der Waals surface area contributed by atoms with Gasteiger partial charge in [0.1, 0.15) is 22.8 Å². The zero-order valence-corrected chi connectivity index (χ0v) is 24.8. The second-order valence-corrected chi connectivity index (χ2v) is 10.0. The van der Waals surface area contributed by atoms with Crippen molar-refractivity contribution in [1.82, 2.24) is 19.9 Å². The van der Waals surface area contributed by atoms with E-state index in [9.17, 15) is 0 Å². The third-order valence-electron chi connectivity index (χ3n) is 6.71. The Morgan fingerprint density at radius 2 is 1.09 bits per heavy atom. The van der Waals surface area contributed by atoms with Gasteiger partial charge in [0.05, 0.1) is 6.20 Å². The summed E-state index contributed by atoms with van der Waals surface area (Å²) in [6.07, 6.45) is 3.17.